The highest BCUT2D eigenvalue weighted by atomic mass is 16.6. The number of Topliss-reactive ketones (excluding diaryl/α,β-unsaturated/α-hetero) is 1. The maximum Gasteiger partial charge on any atom is 0.306 e. The molecule has 0 amide bonds. The lowest BCUT2D eigenvalue weighted by molar-refractivity contribution is -0.161. The van der Waals surface area contributed by atoms with Gasteiger partial charge < -0.3 is 24.8 Å². The highest BCUT2D eigenvalue weighted by molar-refractivity contribution is 5.84. The van der Waals surface area contributed by atoms with E-state index in [9.17, 15) is 29.7 Å². The molecule has 3 N–H and O–H groups in total. The zero-order valence-electron chi connectivity index (χ0n) is 33.6. The largest absolute Gasteiger partial charge is 0.462 e. The molecule has 1 aliphatic rings. The molecule has 0 heterocycles. The van der Waals surface area contributed by atoms with Crippen LogP contribution in [0.2, 0.25) is 0 Å². The molecule has 8 nitrogen and oxygen atoms in total. The molecule has 52 heavy (non-hydrogen) atoms. The molecule has 5 atom stereocenters. The summed E-state index contributed by atoms with van der Waals surface area (Å²) in [4.78, 5) is 37.0. The van der Waals surface area contributed by atoms with Gasteiger partial charge in [-0.1, -0.05) is 174 Å². The lowest BCUT2D eigenvalue weighted by atomic mass is 9.88. The standard InChI is InChI=1S/C44H80O8/c1-3-5-7-8-9-10-11-12-13-14-15-16-17-18-19-20-21-26-30-43(49)51-36-38(35-45)52-44(50)31-27-23-22-25-29-39-40(42(48)34-41(39)47)33-32-37(46)28-24-6-4-2/h32-33,37-40,42,45-46,48H,3-31,34-36H2,1-2H3/b33-32+/t37-,38-,39+,40+,42+/m0/s1. The van der Waals surface area contributed by atoms with Crippen molar-refractivity contribution in [2.24, 2.45) is 11.8 Å². The van der Waals surface area contributed by atoms with Gasteiger partial charge >= 0.3 is 11.9 Å². The molecule has 1 saturated carbocycles. The first kappa shape index (κ1) is 48.2. The number of ketones is 1. The number of aliphatic hydroxyl groups is 3. The average Bonchev–Trinajstić information content (AvgIpc) is 3.40. The molecule has 304 valence electrons. The van der Waals surface area contributed by atoms with Gasteiger partial charge in [0.15, 0.2) is 6.10 Å². The summed E-state index contributed by atoms with van der Waals surface area (Å²) < 4.78 is 10.6. The quantitative estimate of drug-likeness (QED) is 0.0329. The van der Waals surface area contributed by atoms with Crippen molar-refractivity contribution in [3.63, 3.8) is 0 Å². The molecule has 0 aromatic heterocycles. The third-order valence-corrected chi connectivity index (χ3v) is 10.7. The Morgan fingerprint density at radius 3 is 1.67 bits per heavy atom. The number of hydrogen-bond acceptors (Lipinski definition) is 8. The number of ether oxygens (including phenoxy) is 2. The molecule has 0 aromatic carbocycles. The van der Waals surface area contributed by atoms with Crippen LogP contribution in [0.15, 0.2) is 12.2 Å². The molecule has 1 aliphatic carbocycles. The van der Waals surface area contributed by atoms with E-state index in [0.29, 0.717) is 25.7 Å². The van der Waals surface area contributed by atoms with E-state index in [4.69, 9.17) is 9.47 Å². The molecule has 0 aliphatic heterocycles. The second-order valence-electron chi connectivity index (χ2n) is 15.6. The summed E-state index contributed by atoms with van der Waals surface area (Å²) in [7, 11) is 0. The van der Waals surface area contributed by atoms with Gasteiger partial charge in [0.05, 0.1) is 18.8 Å². The number of carbonyl (C=O) groups excluding carboxylic acids is 3. The number of aliphatic hydroxyl groups excluding tert-OH is 3. The number of rotatable bonds is 36. The van der Waals surface area contributed by atoms with E-state index in [2.05, 4.69) is 13.8 Å². The van der Waals surface area contributed by atoms with Gasteiger partial charge in [0.2, 0.25) is 0 Å². The molecular weight excluding hydrogens is 656 g/mol. The number of esters is 2. The van der Waals surface area contributed by atoms with Gasteiger partial charge in [-0.2, -0.15) is 0 Å². The summed E-state index contributed by atoms with van der Waals surface area (Å²) in [5, 5.41) is 30.2. The minimum atomic E-state index is -0.855. The summed E-state index contributed by atoms with van der Waals surface area (Å²) in [6.07, 6.45) is 33.1. The first-order chi connectivity index (χ1) is 25.3. The van der Waals surface area contributed by atoms with Gasteiger partial charge in [0, 0.05) is 31.1 Å². The number of unbranched alkanes of at least 4 members (excludes halogenated alkanes) is 22. The van der Waals surface area contributed by atoms with Crippen molar-refractivity contribution < 1.29 is 39.2 Å². The van der Waals surface area contributed by atoms with Crippen molar-refractivity contribution in [1.29, 1.82) is 0 Å². The summed E-state index contributed by atoms with van der Waals surface area (Å²) >= 11 is 0. The van der Waals surface area contributed by atoms with Crippen molar-refractivity contribution >= 4 is 17.7 Å². The SMILES string of the molecule is CCCCCCCCCCCCCCCCCCCCC(=O)OC[C@H](CO)OC(=O)CCCCCC[C@H]1C(=O)C[C@@H](O)[C@@H]1/C=C/[C@@H](O)CCCCC. The lowest BCUT2D eigenvalue weighted by Gasteiger charge is -2.18. The molecule has 0 spiro atoms. The van der Waals surface area contributed by atoms with Crippen LogP contribution in [0.3, 0.4) is 0 Å². The molecular formula is C44H80O8. The summed E-state index contributed by atoms with van der Waals surface area (Å²) in [5.41, 5.74) is 0. The highest BCUT2D eigenvalue weighted by Gasteiger charge is 2.39. The van der Waals surface area contributed by atoms with E-state index in [1.54, 1.807) is 6.08 Å². The van der Waals surface area contributed by atoms with Gasteiger partial charge in [-0.3, -0.25) is 14.4 Å². The van der Waals surface area contributed by atoms with Gasteiger partial charge in [-0.05, 0) is 25.7 Å². The third kappa shape index (κ3) is 26.1. The van der Waals surface area contributed by atoms with Crippen LogP contribution in [0, 0.1) is 11.8 Å². The molecule has 8 heteroatoms. The van der Waals surface area contributed by atoms with Crippen LogP contribution in [0.5, 0.6) is 0 Å². The van der Waals surface area contributed by atoms with Gasteiger partial charge in [0.25, 0.3) is 0 Å². The maximum absolute atomic E-state index is 12.5. The minimum Gasteiger partial charge on any atom is -0.462 e. The normalized spacial score (nSPS) is 18.6. The molecule has 0 saturated heterocycles. The second kappa shape index (κ2) is 33.8. The predicted octanol–water partition coefficient (Wildman–Crippen LogP) is 10.3. The van der Waals surface area contributed by atoms with Crippen LogP contribution in [0.25, 0.3) is 0 Å². The molecule has 0 bridgehead atoms. The zero-order valence-corrected chi connectivity index (χ0v) is 33.6. The number of hydrogen-bond donors (Lipinski definition) is 3. The first-order valence-corrected chi connectivity index (χ1v) is 21.8. The lowest BCUT2D eigenvalue weighted by Crippen LogP contribution is -2.28. The van der Waals surface area contributed by atoms with E-state index >= 15 is 0 Å². The summed E-state index contributed by atoms with van der Waals surface area (Å²) in [6, 6.07) is 0. The second-order valence-corrected chi connectivity index (χ2v) is 15.6. The third-order valence-electron chi connectivity index (χ3n) is 10.7. The smallest absolute Gasteiger partial charge is 0.306 e. The first-order valence-electron chi connectivity index (χ1n) is 21.8. The molecule has 0 radical (unpaired) electrons. The summed E-state index contributed by atoms with van der Waals surface area (Å²) in [5.74, 6) is -1.14. The topological polar surface area (TPSA) is 130 Å². The molecule has 1 fully saturated rings. The van der Waals surface area contributed by atoms with Crippen LogP contribution in [0.4, 0.5) is 0 Å². The van der Waals surface area contributed by atoms with Gasteiger partial charge in [-0.15, -0.1) is 0 Å². The van der Waals surface area contributed by atoms with Gasteiger partial charge in [0.1, 0.15) is 12.4 Å². The van der Waals surface area contributed by atoms with Gasteiger partial charge in [-0.25, -0.2) is 0 Å². The van der Waals surface area contributed by atoms with Crippen LogP contribution in [0.1, 0.15) is 206 Å². The Morgan fingerprint density at radius 1 is 0.692 bits per heavy atom. The van der Waals surface area contributed by atoms with Crippen LogP contribution in [-0.4, -0.2) is 64.6 Å². The zero-order chi connectivity index (χ0) is 38.1. The van der Waals surface area contributed by atoms with E-state index in [1.807, 2.05) is 6.08 Å². The Hall–Kier alpha value is -1.77. The highest BCUT2D eigenvalue weighted by Crippen LogP contribution is 2.34. The monoisotopic (exact) mass is 737 g/mol. The average molecular weight is 737 g/mol. The number of carbonyl (C=O) groups is 3. The van der Waals surface area contributed by atoms with E-state index in [-0.39, 0.29) is 43.0 Å². The molecule has 0 unspecified atom stereocenters. The Morgan fingerprint density at radius 2 is 1.15 bits per heavy atom. The predicted molar refractivity (Wildman–Crippen MR) is 211 cm³/mol. The van der Waals surface area contributed by atoms with E-state index in [1.165, 1.54) is 96.3 Å². The fraction of sp³-hybridized carbons (Fsp3) is 0.886. The van der Waals surface area contributed by atoms with Crippen LogP contribution >= 0.6 is 0 Å². The Balaban J connectivity index is 2.02. The van der Waals surface area contributed by atoms with E-state index < -0.39 is 30.9 Å². The summed E-state index contributed by atoms with van der Waals surface area (Å²) in [6.45, 7) is 3.86. The van der Waals surface area contributed by atoms with Crippen LogP contribution in [-0.2, 0) is 23.9 Å². The molecule has 0 aromatic rings. The van der Waals surface area contributed by atoms with Crippen molar-refractivity contribution in [2.75, 3.05) is 13.2 Å². The van der Waals surface area contributed by atoms with Crippen LogP contribution < -0.4 is 0 Å². The fourth-order valence-corrected chi connectivity index (χ4v) is 7.33. The Kier molecular flexibility index (Phi) is 31.3. The van der Waals surface area contributed by atoms with Crippen molar-refractivity contribution in [3.8, 4) is 0 Å². The Labute approximate surface area is 318 Å². The maximum atomic E-state index is 12.5. The molecule has 1 rings (SSSR count). The van der Waals surface area contributed by atoms with Crippen molar-refractivity contribution in [1.82, 2.24) is 0 Å². The van der Waals surface area contributed by atoms with E-state index in [0.717, 1.165) is 57.8 Å². The Bertz CT molecular complexity index is 905. The fourth-order valence-electron chi connectivity index (χ4n) is 7.33. The van der Waals surface area contributed by atoms with Crippen molar-refractivity contribution in [2.45, 2.75) is 225 Å². The van der Waals surface area contributed by atoms with Crippen molar-refractivity contribution in [3.05, 3.63) is 12.2 Å². The minimum absolute atomic E-state index is 0.0809.